The number of hydrogen-bond donors (Lipinski definition) is 0. The molecule has 0 bridgehead atoms. The summed E-state index contributed by atoms with van der Waals surface area (Å²) in [5.74, 6) is 1.76. The lowest BCUT2D eigenvalue weighted by Crippen LogP contribution is -2.26. The van der Waals surface area contributed by atoms with Crippen molar-refractivity contribution in [2.45, 2.75) is 78.3 Å². The molecule has 0 saturated carbocycles. The number of nitrogens with zero attached hydrogens (tertiary/aromatic N) is 4. The SMILES string of the molecule is CCCc1nc2ccccc2c(=O)n1CCCCCCn1c(CCC)nc2ccccc2c1=O. The molecule has 0 saturated heterocycles. The molecule has 4 aromatic rings. The van der Waals surface area contributed by atoms with Gasteiger partial charge in [-0.3, -0.25) is 18.7 Å². The fourth-order valence-corrected chi connectivity index (χ4v) is 4.61. The van der Waals surface area contributed by atoms with E-state index >= 15 is 0 Å². The maximum atomic E-state index is 13.1. The van der Waals surface area contributed by atoms with Crippen LogP contribution in [-0.4, -0.2) is 19.1 Å². The summed E-state index contributed by atoms with van der Waals surface area (Å²) in [6, 6.07) is 15.2. The molecule has 34 heavy (non-hydrogen) atoms. The molecular weight excluding hydrogens is 424 g/mol. The molecule has 0 radical (unpaired) electrons. The molecule has 0 aliphatic carbocycles. The second kappa shape index (κ2) is 11.2. The highest BCUT2D eigenvalue weighted by atomic mass is 16.1. The van der Waals surface area contributed by atoms with Crippen LogP contribution < -0.4 is 11.1 Å². The molecule has 0 amide bonds. The van der Waals surface area contributed by atoms with Crippen LogP contribution in [0.1, 0.15) is 64.0 Å². The number of benzene rings is 2. The van der Waals surface area contributed by atoms with Crippen LogP contribution in [0.2, 0.25) is 0 Å². The van der Waals surface area contributed by atoms with E-state index < -0.39 is 0 Å². The van der Waals surface area contributed by atoms with Crippen LogP contribution in [0.4, 0.5) is 0 Å². The third-order valence-corrected chi connectivity index (χ3v) is 6.34. The van der Waals surface area contributed by atoms with Gasteiger partial charge in [0.15, 0.2) is 0 Å². The van der Waals surface area contributed by atoms with Gasteiger partial charge in [-0.2, -0.15) is 0 Å². The Kier molecular flexibility index (Phi) is 7.88. The normalized spacial score (nSPS) is 11.5. The van der Waals surface area contributed by atoms with Gasteiger partial charge in [-0.25, -0.2) is 9.97 Å². The fraction of sp³-hybridized carbons (Fsp3) is 0.429. The molecule has 6 nitrogen and oxygen atoms in total. The fourth-order valence-electron chi connectivity index (χ4n) is 4.61. The van der Waals surface area contributed by atoms with Crippen LogP contribution in [0.15, 0.2) is 58.1 Å². The molecule has 2 aromatic carbocycles. The van der Waals surface area contributed by atoms with Crippen molar-refractivity contribution < 1.29 is 0 Å². The lowest BCUT2D eigenvalue weighted by Gasteiger charge is -2.14. The van der Waals surface area contributed by atoms with Crippen molar-refractivity contribution in [1.29, 1.82) is 0 Å². The summed E-state index contributed by atoms with van der Waals surface area (Å²) in [4.78, 5) is 35.6. The molecule has 0 aliphatic heterocycles. The topological polar surface area (TPSA) is 69.8 Å². The number of aromatic nitrogens is 4. The van der Waals surface area contributed by atoms with E-state index in [9.17, 15) is 9.59 Å². The van der Waals surface area contributed by atoms with Gasteiger partial charge in [0.2, 0.25) is 0 Å². The van der Waals surface area contributed by atoms with Crippen molar-refractivity contribution >= 4 is 21.8 Å². The molecule has 178 valence electrons. The molecule has 0 N–H and O–H groups in total. The molecule has 0 spiro atoms. The molecule has 0 aliphatic rings. The summed E-state index contributed by atoms with van der Waals surface area (Å²) >= 11 is 0. The molecule has 2 heterocycles. The van der Waals surface area contributed by atoms with Crippen LogP contribution >= 0.6 is 0 Å². The first-order chi connectivity index (χ1) is 16.6. The molecular formula is C28H34N4O2. The highest BCUT2D eigenvalue weighted by Gasteiger charge is 2.11. The van der Waals surface area contributed by atoms with E-state index in [0.29, 0.717) is 23.9 Å². The van der Waals surface area contributed by atoms with Gasteiger partial charge < -0.3 is 0 Å². The quantitative estimate of drug-likeness (QED) is 0.287. The summed E-state index contributed by atoms with van der Waals surface area (Å²) in [7, 11) is 0. The minimum absolute atomic E-state index is 0.0621. The Morgan fingerprint density at radius 1 is 0.618 bits per heavy atom. The van der Waals surface area contributed by atoms with E-state index in [4.69, 9.17) is 9.97 Å². The largest absolute Gasteiger partial charge is 0.296 e. The van der Waals surface area contributed by atoms with Gasteiger partial charge in [0, 0.05) is 25.9 Å². The van der Waals surface area contributed by atoms with Gasteiger partial charge in [-0.05, 0) is 49.9 Å². The Labute approximate surface area is 200 Å². The number of unbranched alkanes of at least 4 members (excludes halogenated alkanes) is 3. The van der Waals surface area contributed by atoms with Crippen molar-refractivity contribution in [2.24, 2.45) is 0 Å². The van der Waals surface area contributed by atoms with Crippen LogP contribution in [0, 0.1) is 0 Å². The first-order valence-electron chi connectivity index (χ1n) is 12.6. The minimum atomic E-state index is 0.0621. The predicted molar refractivity (Wildman–Crippen MR) is 138 cm³/mol. The van der Waals surface area contributed by atoms with Crippen molar-refractivity contribution in [2.75, 3.05) is 0 Å². The molecule has 0 unspecified atom stereocenters. The van der Waals surface area contributed by atoms with Crippen molar-refractivity contribution in [3.63, 3.8) is 0 Å². The summed E-state index contributed by atoms with van der Waals surface area (Å²) in [6.45, 7) is 5.60. The summed E-state index contributed by atoms with van der Waals surface area (Å²) < 4.78 is 3.73. The molecule has 6 heteroatoms. The molecule has 4 rings (SSSR count). The summed E-state index contributed by atoms with van der Waals surface area (Å²) in [6.07, 6.45) is 7.37. The third kappa shape index (κ3) is 5.11. The van der Waals surface area contributed by atoms with Gasteiger partial charge in [-0.15, -0.1) is 0 Å². The van der Waals surface area contributed by atoms with Crippen LogP contribution in [0.5, 0.6) is 0 Å². The Morgan fingerprint density at radius 2 is 1.03 bits per heavy atom. The Morgan fingerprint density at radius 3 is 1.44 bits per heavy atom. The lowest BCUT2D eigenvalue weighted by atomic mass is 10.1. The van der Waals surface area contributed by atoms with E-state index in [-0.39, 0.29) is 11.1 Å². The van der Waals surface area contributed by atoms with Gasteiger partial charge in [0.1, 0.15) is 11.6 Å². The van der Waals surface area contributed by atoms with Crippen LogP contribution in [0.3, 0.4) is 0 Å². The zero-order valence-electron chi connectivity index (χ0n) is 20.3. The van der Waals surface area contributed by atoms with E-state index in [0.717, 1.165) is 74.0 Å². The minimum Gasteiger partial charge on any atom is -0.296 e. The first kappa shape index (κ1) is 23.9. The zero-order valence-corrected chi connectivity index (χ0v) is 20.3. The van der Waals surface area contributed by atoms with Crippen LogP contribution in [-0.2, 0) is 25.9 Å². The highest BCUT2D eigenvalue weighted by Crippen LogP contribution is 2.13. The average molecular weight is 459 g/mol. The molecule has 0 fully saturated rings. The Bertz CT molecular complexity index is 1280. The number of para-hydroxylation sites is 2. The maximum absolute atomic E-state index is 13.1. The third-order valence-electron chi connectivity index (χ3n) is 6.34. The smallest absolute Gasteiger partial charge is 0.261 e. The Hall–Kier alpha value is -3.28. The van der Waals surface area contributed by atoms with Crippen molar-refractivity contribution in [3.05, 3.63) is 80.9 Å². The van der Waals surface area contributed by atoms with Crippen molar-refractivity contribution in [3.8, 4) is 0 Å². The number of aryl methyl sites for hydroxylation is 2. The first-order valence-corrected chi connectivity index (χ1v) is 12.6. The molecule has 0 atom stereocenters. The monoisotopic (exact) mass is 458 g/mol. The summed E-state index contributed by atoms with van der Waals surface area (Å²) in [5.41, 5.74) is 1.69. The van der Waals surface area contributed by atoms with E-state index in [2.05, 4.69) is 13.8 Å². The van der Waals surface area contributed by atoms with E-state index in [1.165, 1.54) is 0 Å². The second-order valence-corrected chi connectivity index (χ2v) is 8.92. The molecule has 2 aromatic heterocycles. The Balaban J connectivity index is 1.40. The van der Waals surface area contributed by atoms with Gasteiger partial charge in [0.25, 0.3) is 11.1 Å². The number of rotatable bonds is 11. The number of hydrogen-bond acceptors (Lipinski definition) is 4. The van der Waals surface area contributed by atoms with Gasteiger partial charge in [-0.1, -0.05) is 51.0 Å². The predicted octanol–water partition coefficient (Wildman–Crippen LogP) is 5.27. The van der Waals surface area contributed by atoms with Crippen molar-refractivity contribution in [1.82, 2.24) is 19.1 Å². The number of fused-ring (bicyclic) bond motifs is 2. The van der Waals surface area contributed by atoms with E-state index in [1.54, 1.807) is 0 Å². The standard InChI is InChI=1S/C28H34N4O2/c1-3-13-25-29-23-17-9-7-15-21(23)27(33)31(25)19-11-5-6-12-20-32-26(14-4-2)30-24-18-10-8-16-22(24)28(32)34/h7-10,15-18H,3-6,11-14,19-20H2,1-2H3. The zero-order chi connectivity index (χ0) is 23.9. The van der Waals surface area contributed by atoms with E-state index in [1.807, 2.05) is 57.7 Å². The van der Waals surface area contributed by atoms with Crippen LogP contribution in [0.25, 0.3) is 21.8 Å². The summed E-state index contributed by atoms with van der Waals surface area (Å²) in [5, 5.41) is 1.38. The average Bonchev–Trinajstić information content (AvgIpc) is 2.85. The lowest BCUT2D eigenvalue weighted by molar-refractivity contribution is 0.506. The van der Waals surface area contributed by atoms with Gasteiger partial charge in [0.05, 0.1) is 21.8 Å². The second-order valence-electron chi connectivity index (χ2n) is 8.92. The maximum Gasteiger partial charge on any atom is 0.261 e. The van der Waals surface area contributed by atoms with Gasteiger partial charge >= 0.3 is 0 Å². The highest BCUT2D eigenvalue weighted by molar-refractivity contribution is 5.78.